The highest BCUT2D eigenvalue weighted by Gasteiger charge is 2.30. The molecule has 3 rings (SSSR count). The van der Waals surface area contributed by atoms with Gasteiger partial charge in [0.15, 0.2) is 0 Å². The number of rotatable bonds is 4. The highest BCUT2D eigenvalue weighted by Crippen LogP contribution is 2.17. The monoisotopic (exact) mass is 308 g/mol. The maximum atomic E-state index is 12.3. The van der Waals surface area contributed by atoms with E-state index in [1.54, 1.807) is 0 Å². The molecule has 0 radical (unpaired) electrons. The largest absolute Gasteiger partial charge is 0.424 e. The summed E-state index contributed by atoms with van der Waals surface area (Å²) in [6, 6.07) is 0. The molecule has 2 aliphatic heterocycles. The maximum absolute atomic E-state index is 12.3. The summed E-state index contributed by atoms with van der Waals surface area (Å²) in [6.07, 6.45) is 1.64. The lowest BCUT2D eigenvalue weighted by molar-refractivity contribution is -0.142. The van der Waals surface area contributed by atoms with Crippen LogP contribution in [0.5, 0.6) is 0 Å². The predicted molar refractivity (Wildman–Crippen MR) is 79.2 cm³/mol. The van der Waals surface area contributed by atoms with Gasteiger partial charge < -0.3 is 14.1 Å². The molecule has 3 heterocycles. The quantitative estimate of drug-likeness (QED) is 0.827. The number of nitrogens with zero attached hydrogens (tertiary/aromatic N) is 4. The summed E-state index contributed by atoms with van der Waals surface area (Å²) in [5, 5.41) is 8.14. The third-order valence-electron chi connectivity index (χ3n) is 4.22. The van der Waals surface area contributed by atoms with Crippen LogP contribution in [0.15, 0.2) is 4.42 Å². The van der Waals surface area contributed by atoms with E-state index in [9.17, 15) is 4.79 Å². The van der Waals surface area contributed by atoms with Crippen LogP contribution < -0.4 is 0 Å². The second-order valence-electron chi connectivity index (χ2n) is 6.29. The lowest BCUT2D eigenvalue weighted by atomic mass is 10.2. The Morgan fingerprint density at radius 3 is 2.64 bits per heavy atom. The highest BCUT2D eigenvalue weighted by molar-refractivity contribution is 5.81. The Hall–Kier alpha value is -1.47. The summed E-state index contributed by atoms with van der Waals surface area (Å²) in [7, 11) is 0. The van der Waals surface area contributed by atoms with Crippen LogP contribution in [0.1, 0.15) is 44.4 Å². The minimum atomic E-state index is -0.212. The summed E-state index contributed by atoms with van der Waals surface area (Å²) in [6.45, 7) is 8.58. The van der Waals surface area contributed by atoms with E-state index >= 15 is 0 Å². The van der Waals surface area contributed by atoms with E-state index in [0.29, 0.717) is 24.9 Å². The van der Waals surface area contributed by atoms with Crippen LogP contribution in [0.25, 0.3) is 0 Å². The summed E-state index contributed by atoms with van der Waals surface area (Å²) in [4.78, 5) is 16.4. The van der Waals surface area contributed by atoms with E-state index in [1.165, 1.54) is 0 Å². The van der Waals surface area contributed by atoms with Gasteiger partial charge >= 0.3 is 0 Å². The van der Waals surface area contributed by atoms with Gasteiger partial charge in [-0.1, -0.05) is 13.8 Å². The zero-order chi connectivity index (χ0) is 15.5. The molecule has 22 heavy (non-hydrogen) atoms. The molecule has 0 N–H and O–H groups in total. The molecule has 0 saturated carbocycles. The van der Waals surface area contributed by atoms with Gasteiger partial charge in [0.2, 0.25) is 11.8 Å². The third kappa shape index (κ3) is 3.47. The van der Waals surface area contributed by atoms with Crippen molar-refractivity contribution in [1.29, 1.82) is 0 Å². The number of aromatic nitrogens is 2. The summed E-state index contributed by atoms with van der Waals surface area (Å²) >= 11 is 0. The van der Waals surface area contributed by atoms with E-state index in [0.717, 1.165) is 39.0 Å². The zero-order valence-corrected chi connectivity index (χ0v) is 13.3. The Morgan fingerprint density at radius 2 is 2.05 bits per heavy atom. The van der Waals surface area contributed by atoms with Crippen molar-refractivity contribution < 1.29 is 13.9 Å². The molecule has 1 unspecified atom stereocenters. The van der Waals surface area contributed by atoms with Crippen LogP contribution in [0.3, 0.4) is 0 Å². The average molecular weight is 308 g/mol. The fourth-order valence-electron chi connectivity index (χ4n) is 2.86. The fraction of sp³-hybridized carbons (Fsp3) is 0.800. The molecule has 2 saturated heterocycles. The second kappa shape index (κ2) is 6.75. The summed E-state index contributed by atoms with van der Waals surface area (Å²) in [5.74, 6) is 1.74. The van der Waals surface area contributed by atoms with Gasteiger partial charge in [-0.05, 0) is 12.8 Å². The first kappa shape index (κ1) is 15.4. The lowest BCUT2D eigenvalue weighted by Crippen LogP contribution is -2.51. The van der Waals surface area contributed by atoms with Crippen molar-refractivity contribution >= 4 is 5.91 Å². The van der Waals surface area contributed by atoms with Gasteiger partial charge in [-0.2, -0.15) is 0 Å². The van der Waals surface area contributed by atoms with Gasteiger partial charge in [-0.3, -0.25) is 9.69 Å². The SMILES string of the molecule is CC(C)c1nnc(CN2CCN(C(=O)C3CCCO3)CC2)o1. The van der Waals surface area contributed by atoms with Crippen molar-refractivity contribution in [3.05, 3.63) is 11.8 Å². The van der Waals surface area contributed by atoms with Crippen molar-refractivity contribution in [3.63, 3.8) is 0 Å². The van der Waals surface area contributed by atoms with E-state index in [-0.39, 0.29) is 17.9 Å². The standard InChI is InChI=1S/C15H24N4O3/c1-11(2)14-17-16-13(22-14)10-18-5-7-19(8-6-18)15(20)12-4-3-9-21-12/h11-12H,3-10H2,1-2H3. The van der Waals surface area contributed by atoms with Gasteiger partial charge in [0.1, 0.15) is 6.10 Å². The van der Waals surface area contributed by atoms with Crippen LogP contribution in [-0.4, -0.2) is 64.8 Å². The number of piperazine rings is 1. The highest BCUT2D eigenvalue weighted by atomic mass is 16.5. The molecular weight excluding hydrogens is 284 g/mol. The first-order valence-electron chi connectivity index (χ1n) is 8.08. The first-order chi connectivity index (χ1) is 10.6. The average Bonchev–Trinajstić information content (AvgIpc) is 3.19. The molecule has 0 spiro atoms. The van der Waals surface area contributed by atoms with E-state index < -0.39 is 0 Å². The maximum Gasteiger partial charge on any atom is 0.251 e. The van der Waals surface area contributed by atoms with Crippen LogP contribution in [0.4, 0.5) is 0 Å². The molecule has 7 nitrogen and oxygen atoms in total. The van der Waals surface area contributed by atoms with Gasteiger partial charge in [0.05, 0.1) is 6.54 Å². The molecule has 122 valence electrons. The number of hydrogen-bond donors (Lipinski definition) is 0. The minimum absolute atomic E-state index is 0.150. The van der Waals surface area contributed by atoms with Crippen LogP contribution in [-0.2, 0) is 16.1 Å². The predicted octanol–water partition coefficient (Wildman–Crippen LogP) is 1.02. The van der Waals surface area contributed by atoms with Crippen LogP contribution in [0, 0.1) is 0 Å². The third-order valence-corrected chi connectivity index (χ3v) is 4.22. The molecular formula is C15H24N4O3. The van der Waals surface area contributed by atoms with Gasteiger partial charge in [0.25, 0.3) is 5.91 Å². The number of ether oxygens (including phenoxy) is 1. The molecule has 2 aliphatic rings. The fourth-order valence-corrected chi connectivity index (χ4v) is 2.86. The number of amides is 1. The zero-order valence-electron chi connectivity index (χ0n) is 13.3. The lowest BCUT2D eigenvalue weighted by Gasteiger charge is -2.35. The van der Waals surface area contributed by atoms with Crippen molar-refractivity contribution in [2.75, 3.05) is 32.8 Å². The molecule has 7 heteroatoms. The molecule has 1 amide bonds. The van der Waals surface area contributed by atoms with Crippen molar-refractivity contribution in [1.82, 2.24) is 20.0 Å². The molecule has 1 atom stereocenters. The molecule has 2 fully saturated rings. The minimum Gasteiger partial charge on any atom is -0.424 e. The Morgan fingerprint density at radius 1 is 1.27 bits per heavy atom. The summed E-state index contributed by atoms with van der Waals surface area (Å²) < 4.78 is 11.1. The second-order valence-corrected chi connectivity index (χ2v) is 6.29. The number of carbonyl (C=O) groups excluding carboxylic acids is 1. The van der Waals surface area contributed by atoms with Crippen LogP contribution >= 0.6 is 0 Å². The molecule has 0 bridgehead atoms. The smallest absolute Gasteiger partial charge is 0.251 e. The number of hydrogen-bond acceptors (Lipinski definition) is 6. The van der Waals surface area contributed by atoms with Gasteiger partial charge in [-0.25, -0.2) is 0 Å². The Bertz CT molecular complexity index is 503. The summed E-state index contributed by atoms with van der Waals surface area (Å²) in [5.41, 5.74) is 0. The normalized spacial score (nSPS) is 23.4. The molecule has 0 aliphatic carbocycles. The van der Waals surface area contributed by atoms with E-state index in [4.69, 9.17) is 9.15 Å². The Kier molecular flexibility index (Phi) is 4.73. The van der Waals surface area contributed by atoms with Gasteiger partial charge in [0, 0.05) is 38.7 Å². The van der Waals surface area contributed by atoms with Crippen molar-refractivity contribution in [3.8, 4) is 0 Å². The first-order valence-corrected chi connectivity index (χ1v) is 8.08. The Labute approximate surface area is 130 Å². The topological polar surface area (TPSA) is 71.7 Å². The number of carbonyl (C=O) groups is 1. The van der Waals surface area contributed by atoms with Crippen LogP contribution in [0.2, 0.25) is 0 Å². The van der Waals surface area contributed by atoms with Crippen molar-refractivity contribution in [2.45, 2.75) is 45.3 Å². The molecule has 1 aromatic rings. The molecule has 1 aromatic heterocycles. The van der Waals surface area contributed by atoms with Gasteiger partial charge in [-0.15, -0.1) is 10.2 Å². The van der Waals surface area contributed by atoms with E-state index in [2.05, 4.69) is 15.1 Å². The van der Waals surface area contributed by atoms with E-state index in [1.807, 2.05) is 18.7 Å². The van der Waals surface area contributed by atoms with Crippen molar-refractivity contribution in [2.24, 2.45) is 0 Å². The molecule has 0 aromatic carbocycles. The Balaban J connectivity index is 1.47.